The summed E-state index contributed by atoms with van der Waals surface area (Å²) in [5.41, 5.74) is 0.213. The fourth-order valence-electron chi connectivity index (χ4n) is 1.88. The minimum absolute atomic E-state index is 0.163. The van der Waals surface area contributed by atoms with Crippen molar-refractivity contribution in [3.8, 4) is 0 Å². The molecule has 1 aromatic carbocycles. The van der Waals surface area contributed by atoms with Gasteiger partial charge in [-0.15, -0.1) is 0 Å². The molecule has 0 radical (unpaired) electrons. The molecule has 1 unspecified atom stereocenters. The third-order valence-electron chi connectivity index (χ3n) is 2.84. The van der Waals surface area contributed by atoms with E-state index in [2.05, 4.69) is 5.32 Å². The molecule has 0 spiro atoms. The average molecular weight is 280 g/mol. The SMILES string of the molecule is CC(C)CC(NC(=O)c1cccc(F)c1)C(=O)N(C)C. The highest BCUT2D eigenvalue weighted by Gasteiger charge is 2.23. The van der Waals surface area contributed by atoms with Crippen LogP contribution in [0.1, 0.15) is 30.6 Å². The fraction of sp³-hybridized carbons (Fsp3) is 0.467. The van der Waals surface area contributed by atoms with E-state index in [0.717, 1.165) is 6.07 Å². The van der Waals surface area contributed by atoms with Crippen LogP contribution in [0.2, 0.25) is 0 Å². The Balaban J connectivity index is 2.84. The van der Waals surface area contributed by atoms with Crippen LogP contribution in [0.15, 0.2) is 24.3 Å². The molecule has 0 bridgehead atoms. The monoisotopic (exact) mass is 280 g/mol. The van der Waals surface area contributed by atoms with E-state index in [9.17, 15) is 14.0 Å². The van der Waals surface area contributed by atoms with Crippen molar-refractivity contribution in [2.24, 2.45) is 5.92 Å². The lowest BCUT2D eigenvalue weighted by molar-refractivity contribution is -0.131. The van der Waals surface area contributed by atoms with Crippen LogP contribution in [0, 0.1) is 11.7 Å². The molecule has 0 aliphatic carbocycles. The van der Waals surface area contributed by atoms with Gasteiger partial charge in [-0.1, -0.05) is 19.9 Å². The normalized spacial score (nSPS) is 12.1. The van der Waals surface area contributed by atoms with Crippen molar-refractivity contribution >= 4 is 11.8 Å². The predicted octanol–water partition coefficient (Wildman–Crippen LogP) is 2.06. The maximum atomic E-state index is 13.1. The highest BCUT2D eigenvalue weighted by atomic mass is 19.1. The van der Waals surface area contributed by atoms with Gasteiger partial charge in [-0.3, -0.25) is 9.59 Å². The molecule has 1 rings (SSSR count). The van der Waals surface area contributed by atoms with Crippen LogP contribution < -0.4 is 5.32 Å². The fourth-order valence-corrected chi connectivity index (χ4v) is 1.88. The Morgan fingerprint density at radius 3 is 2.45 bits per heavy atom. The summed E-state index contributed by atoms with van der Waals surface area (Å²) in [7, 11) is 3.29. The van der Waals surface area contributed by atoms with Crippen LogP contribution in [-0.4, -0.2) is 36.9 Å². The zero-order chi connectivity index (χ0) is 15.3. The number of rotatable bonds is 5. The minimum atomic E-state index is -0.597. The van der Waals surface area contributed by atoms with E-state index in [1.54, 1.807) is 14.1 Å². The first-order valence-corrected chi connectivity index (χ1v) is 6.59. The van der Waals surface area contributed by atoms with Gasteiger partial charge in [0.1, 0.15) is 11.9 Å². The Morgan fingerprint density at radius 1 is 1.30 bits per heavy atom. The first kappa shape index (κ1) is 16.1. The summed E-state index contributed by atoms with van der Waals surface area (Å²) in [5.74, 6) is -0.817. The molecule has 0 heterocycles. The van der Waals surface area contributed by atoms with Gasteiger partial charge >= 0.3 is 0 Å². The van der Waals surface area contributed by atoms with Crippen molar-refractivity contribution in [3.05, 3.63) is 35.6 Å². The van der Waals surface area contributed by atoms with E-state index < -0.39 is 17.8 Å². The Labute approximate surface area is 119 Å². The Kier molecular flexibility index (Phi) is 5.67. The summed E-state index contributed by atoms with van der Waals surface area (Å²) in [6.07, 6.45) is 0.540. The number of carbonyl (C=O) groups excluding carboxylic acids is 2. The lowest BCUT2D eigenvalue weighted by Crippen LogP contribution is -2.46. The number of hydrogen-bond acceptors (Lipinski definition) is 2. The smallest absolute Gasteiger partial charge is 0.252 e. The number of nitrogens with one attached hydrogen (secondary N) is 1. The van der Waals surface area contributed by atoms with Gasteiger partial charge in [0.2, 0.25) is 5.91 Å². The second-order valence-corrected chi connectivity index (χ2v) is 5.40. The molecule has 0 aromatic heterocycles. The molecule has 0 saturated carbocycles. The maximum Gasteiger partial charge on any atom is 0.252 e. The van der Waals surface area contributed by atoms with Crippen LogP contribution in [-0.2, 0) is 4.79 Å². The highest BCUT2D eigenvalue weighted by molar-refractivity contribution is 5.97. The summed E-state index contributed by atoms with van der Waals surface area (Å²) in [4.78, 5) is 25.6. The molecule has 5 heteroatoms. The summed E-state index contributed by atoms with van der Waals surface area (Å²) in [6, 6.07) is 4.82. The van der Waals surface area contributed by atoms with Crippen molar-refractivity contribution in [2.75, 3.05) is 14.1 Å². The molecule has 1 aromatic rings. The van der Waals surface area contributed by atoms with Crippen molar-refractivity contribution in [1.82, 2.24) is 10.2 Å². The summed E-state index contributed by atoms with van der Waals surface area (Å²) >= 11 is 0. The number of carbonyl (C=O) groups is 2. The molecule has 2 amide bonds. The molecule has 1 atom stereocenters. The van der Waals surface area contributed by atoms with E-state index in [-0.39, 0.29) is 17.4 Å². The van der Waals surface area contributed by atoms with Crippen LogP contribution in [0.4, 0.5) is 4.39 Å². The predicted molar refractivity (Wildman–Crippen MR) is 75.8 cm³/mol. The molecule has 0 fully saturated rings. The number of halogens is 1. The van der Waals surface area contributed by atoms with Gasteiger partial charge in [-0.25, -0.2) is 4.39 Å². The van der Waals surface area contributed by atoms with Crippen LogP contribution in [0.3, 0.4) is 0 Å². The van der Waals surface area contributed by atoms with E-state index in [0.29, 0.717) is 6.42 Å². The van der Waals surface area contributed by atoms with Crippen LogP contribution in [0.5, 0.6) is 0 Å². The standard InChI is InChI=1S/C15H21FN2O2/c1-10(2)8-13(15(20)18(3)4)17-14(19)11-6-5-7-12(16)9-11/h5-7,9-10,13H,8H2,1-4H3,(H,17,19). The third kappa shape index (κ3) is 4.64. The van der Waals surface area contributed by atoms with Gasteiger partial charge in [0.25, 0.3) is 5.91 Å². The largest absolute Gasteiger partial charge is 0.347 e. The lowest BCUT2D eigenvalue weighted by Gasteiger charge is -2.23. The van der Waals surface area contributed by atoms with Gasteiger partial charge < -0.3 is 10.2 Å². The first-order valence-electron chi connectivity index (χ1n) is 6.59. The molecule has 20 heavy (non-hydrogen) atoms. The van der Waals surface area contributed by atoms with Crippen LogP contribution >= 0.6 is 0 Å². The van der Waals surface area contributed by atoms with Gasteiger partial charge in [0.05, 0.1) is 0 Å². The number of likely N-dealkylation sites (N-methyl/N-ethyl adjacent to an activating group) is 1. The second kappa shape index (κ2) is 7.03. The second-order valence-electron chi connectivity index (χ2n) is 5.40. The molecule has 0 aliphatic heterocycles. The Hall–Kier alpha value is -1.91. The first-order chi connectivity index (χ1) is 9.31. The van der Waals surface area contributed by atoms with Crippen molar-refractivity contribution in [2.45, 2.75) is 26.3 Å². The van der Waals surface area contributed by atoms with Gasteiger partial charge in [0.15, 0.2) is 0 Å². The zero-order valence-corrected chi connectivity index (χ0v) is 12.3. The molecule has 1 N–H and O–H groups in total. The molecule has 0 aliphatic rings. The number of benzene rings is 1. The third-order valence-corrected chi connectivity index (χ3v) is 2.84. The highest BCUT2D eigenvalue weighted by Crippen LogP contribution is 2.09. The van der Waals surface area contributed by atoms with E-state index in [4.69, 9.17) is 0 Å². The maximum absolute atomic E-state index is 13.1. The van der Waals surface area contributed by atoms with Gasteiger partial charge in [-0.05, 0) is 30.5 Å². The topological polar surface area (TPSA) is 49.4 Å². The van der Waals surface area contributed by atoms with Crippen molar-refractivity contribution < 1.29 is 14.0 Å². The number of amides is 2. The summed E-state index contributed by atoms with van der Waals surface area (Å²) in [6.45, 7) is 3.95. The number of hydrogen-bond donors (Lipinski definition) is 1. The van der Waals surface area contributed by atoms with E-state index in [1.165, 1.54) is 23.1 Å². The molecule has 110 valence electrons. The summed E-state index contributed by atoms with van der Waals surface area (Å²) in [5, 5.41) is 2.68. The van der Waals surface area contributed by atoms with Gasteiger partial charge in [0, 0.05) is 19.7 Å². The Morgan fingerprint density at radius 2 is 1.95 bits per heavy atom. The minimum Gasteiger partial charge on any atom is -0.347 e. The van der Waals surface area contributed by atoms with Crippen LogP contribution in [0.25, 0.3) is 0 Å². The molecule has 0 saturated heterocycles. The van der Waals surface area contributed by atoms with Gasteiger partial charge in [-0.2, -0.15) is 0 Å². The number of nitrogens with zero attached hydrogens (tertiary/aromatic N) is 1. The lowest BCUT2D eigenvalue weighted by atomic mass is 10.0. The van der Waals surface area contributed by atoms with E-state index in [1.807, 2.05) is 13.8 Å². The van der Waals surface area contributed by atoms with Crippen molar-refractivity contribution in [3.63, 3.8) is 0 Å². The quantitative estimate of drug-likeness (QED) is 0.897. The molecular formula is C15H21FN2O2. The molecular weight excluding hydrogens is 259 g/mol. The molecule has 4 nitrogen and oxygen atoms in total. The average Bonchev–Trinajstić information content (AvgIpc) is 2.36. The van der Waals surface area contributed by atoms with E-state index >= 15 is 0 Å². The Bertz CT molecular complexity index is 487. The summed E-state index contributed by atoms with van der Waals surface area (Å²) < 4.78 is 13.1. The van der Waals surface area contributed by atoms with Crippen molar-refractivity contribution in [1.29, 1.82) is 0 Å². The zero-order valence-electron chi connectivity index (χ0n) is 12.3.